The Labute approximate surface area is 87.2 Å². The van der Waals surface area contributed by atoms with Crippen LogP contribution in [0.2, 0.25) is 0 Å². The van der Waals surface area contributed by atoms with Crippen LogP contribution < -0.4 is 0 Å². The minimum atomic E-state index is -3.09. The van der Waals surface area contributed by atoms with Crippen LogP contribution in [-0.2, 0) is 13.6 Å². The summed E-state index contributed by atoms with van der Waals surface area (Å²) in [6, 6.07) is 0.143. The van der Waals surface area contributed by atoms with Gasteiger partial charge in [-0.15, -0.1) is 0 Å². The van der Waals surface area contributed by atoms with Crippen LogP contribution in [0.4, 0.5) is 0 Å². The van der Waals surface area contributed by atoms with Crippen molar-refractivity contribution in [2.75, 3.05) is 13.7 Å². The summed E-state index contributed by atoms with van der Waals surface area (Å²) in [6.45, 7) is 10.2. The minimum Gasteiger partial charge on any atom is -0.300 e. The molecular weight excluding hydrogens is 201 g/mol. The van der Waals surface area contributed by atoms with E-state index in [-0.39, 0.29) is 12.1 Å². The standard InChI is InChI=1S/C9H22NO3P/c1-7-10(8(2)3)14(11,12-6)13-9(4)5/h8-9H,7H2,1-6H3. The van der Waals surface area contributed by atoms with Gasteiger partial charge in [0.05, 0.1) is 6.10 Å². The van der Waals surface area contributed by atoms with E-state index >= 15 is 0 Å². The van der Waals surface area contributed by atoms with Gasteiger partial charge >= 0.3 is 7.75 Å². The maximum atomic E-state index is 12.2. The fourth-order valence-electron chi connectivity index (χ4n) is 1.30. The van der Waals surface area contributed by atoms with E-state index in [1.165, 1.54) is 7.11 Å². The van der Waals surface area contributed by atoms with E-state index in [0.29, 0.717) is 6.54 Å². The van der Waals surface area contributed by atoms with Gasteiger partial charge in [0.1, 0.15) is 0 Å². The summed E-state index contributed by atoms with van der Waals surface area (Å²) < 4.78 is 24.4. The second-order valence-electron chi connectivity index (χ2n) is 3.65. The van der Waals surface area contributed by atoms with Crippen LogP contribution in [0.3, 0.4) is 0 Å². The van der Waals surface area contributed by atoms with Crippen molar-refractivity contribution >= 4 is 7.75 Å². The second-order valence-corrected chi connectivity index (χ2v) is 5.68. The lowest BCUT2D eigenvalue weighted by Gasteiger charge is -2.32. The van der Waals surface area contributed by atoms with Gasteiger partial charge in [-0.05, 0) is 27.7 Å². The van der Waals surface area contributed by atoms with Crippen molar-refractivity contribution in [1.29, 1.82) is 0 Å². The molecule has 0 amide bonds. The molecule has 0 saturated heterocycles. The van der Waals surface area contributed by atoms with Crippen LogP contribution in [0.25, 0.3) is 0 Å². The highest BCUT2D eigenvalue weighted by molar-refractivity contribution is 7.51. The van der Waals surface area contributed by atoms with Gasteiger partial charge in [0.15, 0.2) is 0 Å². The molecule has 0 aliphatic heterocycles. The zero-order valence-electron chi connectivity index (χ0n) is 9.98. The maximum absolute atomic E-state index is 12.2. The van der Waals surface area contributed by atoms with Crippen LogP contribution in [0.15, 0.2) is 0 Å². The summed E-state index contributed by atoms with van der Waals surface area (Å²) in [5.74, 6) is 0. The molecule has 1 atom stereocenters. The summed E-state index contributed by atoms with van der Waals surface area (Å²) in [5.41, 5.74) is 0. The molecule has 0 saturated carbocycles. The molecule has 14 heavy (non-hydrogen) atoms. The van der Waals surface area contributed by atoms with Crippen molar-refractivity contribution < 1.29 is 13.6 Å². The highest BCUT2D eigenvalue weighted by Crippen LogP contribution is 2.53. The molecule has 0 aromatic carbocycles. The SMILES string of the molecule is CCN(C(C)C)P(=O)(OC)OC(C)C. The van der Waals surface area contributed by atoms with E-state index in [4.69, 9.17) is 9.05 Å². The smallest absolute Gasteiger partial charge is 0.300 e. The third kappa shape index (κ3) is 3.70. The Hall–Kier alpha value is 0.110. The first kappa shape index (κ1) is 14.1. The van der Waals surface area contributed by atoms with Crippen LogP contribution in [0, 0.1) is 0 Å². The molecule has 0 aliphatic carbocycles. The summed E-state index contributed by atoms with van der Waals surface area (Å²) in [7, 11) is -1.66. The predicted molar refractivity (Wildman–Crippen MR) is 58.4 cm³/mol. The van der Waals surface area contributed by atoms with E-state index in [0.717, 1.165) is 0 Å². The van der Waals surface area contributed by atoms with E-state index in [1.807, 2.05) is 34.6 Å². The van der Waals surface area contributed by atoms with Gasteiger partial charge in [0, 0.05) is 19.7 Å². The zero-order valence-corrected chi connectivity index (χ0v) is 10.9. The van der Waals surface area contributed by atoms with Crippen molar-refractivity contribution in [2.24, 2.45) is 0 Å². The molecule has 4 nitrogen and oxygen atoms in total. The van der Waals surface area contributed by atoms with Gasteiger partial charge in [-0.3, -0.25) is 9.05 Å². The molecular formula is C9H22NO3P. The van der Waals surface area contributed by atoms with Crippen molar-refractivity contribution in [1.82, 2.24) is 4.67 Å². The molecule has 1 unspecified atom stereocenters. The summed E-state index contributed by atoms with van der Waals surface area (Å²) >= 11 is 0. The van der Waals surface area contributed by atoms with E-state index in [1.54, 1.807) is 4.67 Å². The first-order valence-electron chi connectivity index (χ1n) is 4.98. The third-order valence-electron chi connectivity index (χ3n) is 1.81. The molecule has 5 heteroatoms. The monoisotopic (exact) mass is 223 g/mol. The van der Waals surface area contributed by atoms with E-state index < -0.39 is 7.75 Å². The lowest BCUT2D eigenvalue weighted by Crippen LogP contribution is -2.30. The molecule has 0 aliphatic rings. The van der Waals surface area contributed by atoms with Gasteiger partial charge in [-0.2, -0.15) is 0 Å². The summed E-state index contributed by atoms with van der Waals surface area (Å²) in [4.78, 5) is 0. The number of hydrogen-bond donors (Lipinski definition) is 0. The Morgan fingerprint density at radius 3 is 2.00 bits per heavy atom. The molecule has 0 aromatic heterocycles. The molecule has 86 valence electrons. The first-order chi connectivity index (χ1) is 6.37. The van der Waals surface area contributed by atoms with Gasteiger partial charge < -0.3 is 0 Å². The average Bonchev–Trinajstić information content (AvgIpc) is 2.03. The fraction of sp³-hybridized carbons (Fsp3) is 1.00. The van der Waals surface area contributed by atoms with E-state index in [2.05, 4.69) is 0 Å². The summed E-state index contributed by atoms with van der Waals surface area (Å²) in [6.07, 6.45) is -0.103. The minimum absolute atomic E-state index is 0.103. The average molecular weight is 223 g/mol. The molecule has 0 aromatic rings. The third-order valence-corrected chi connectivity index (χ3v) is 4.33. The van der Waals surface area contributed by atoms with Gasteiger partial charge in [-0.25, -0.2) is 9.24 Å². The Balaban J connectivity index is 4.72. The summed E-state index contributed by atoms with van der Waals surface area (Å²) in [5, 5.41) is 0. The van der Waals surface area contributed by atoms with Crippen molar-refractivity contribution in [3.05, 3.63) is 0 Å². The first-order valence-corrected chi connectivity index (χ1v) is 6.48. The maximum Gasteiger partial charge on any atom is 0.408 e. The molecule has 0 radical (unpaired) electrons. The highest BCUT2D eigenvalue weighted by atomic mass is 31.2. The largest absolute Gasteiger partial charge is 0.408 e. The van der Waals surface area contributed by atoms with Crippen LogP contribution in [0.1, 0.15) is 34.6 Å². The lowest BCUT2D eigenvalue weighted by atomic mass is 10.4. The topological polar surface area (TPSA) is 38.8 Å². The Kier molecular flexibility index (Phi) is 5.91. The molecule has 0 bridgehead atoms. The van der Waals surface area contributed by atoms with Gasteiger partial charge in [-0.1, -0.05) is 6.92 Å². The van der Waals surface area contributed by atoms with E-state index in [9.17, 15) is 4.57 Å². The van der Waals surface area contributed by atoms with Crippen molar-refractivity contribution in [2.45, 2.75) is 46.8 Å². The van der Waals surface area contributed by atoms with Crippen LogP contribution in [0.5, 0.6) is 0 Å². The quantitative estimate of drug-likeness (QED) is 0.649. The molecule has 0 heterocycles. The van der Waals surface area contributed by atoms with Crippen LogP contribution in [-0.4, -0.2) is 30.5 Å². The number of hydrogen-bond acceptors (Lipinski definition) is 3. The van der Waals surface area contributed by atoms with Gasteiger partial charge in [0.25, 0.3) is 0 Å². The molecule has 0 spiro atoms. The lowest BCUT2D eigenvalue weighted by molar-refractivity contribution is 0.137. The van der Waals surface area contributed by atoms with Crippen molar-refractivity contribution in [3.8, 4) is 0 Å². The zero-order chi connectivity index (χ0) is 11.4. The van der Waals surface area contributed by atoms with Crippen molar-refractivity contribution in [3.63, 3.8) is 0 Å². The Morgan fingerprint density at radius 1 is 1.29 bits per heavy atom. The number of rotatable bonds is 6. The second kappa shape index (κ2) is 5.86. The Bertz CT molecular complexity index is 206. The van der Waals surface area contributed by atoms with Crippen LogP contribution >= 0.6 is 7.75 Å². The number of nitrogens with zero attached hydrogens (tertiary/aromatic N) is 1. The fourth-order valence-corrected chi connectivity index (χ4v) is 3.16. The molecule has 0 N–H and O–H groups in total. The normalized spacial score (nSPS) is 16.6. The van der Waals surface area contributed by atoms with Gasteiger partial charge in [0.2, 0.25) is 0 Å². The predicted octanol–water partition coefficient (Wildman–Crippen LogP) is 2.90. The highest BCUT2D eigenvalue weighted by Gasteiger charge is 2.34. The Morgan fingerprint density at radius 2 is 1.79 bits per heavy atom. The molecule has 0 fully saturated rings. The molecule has 0 rings (SSSR count).